The van der Waals surface area contributed by atoms with Gasteiger partial charge in [0.2, 0.25) is 0 Å². The number of hydrogen-bond donors (Lipinski definition) is 1. The third-order valence-electron chi connectivity index (χ3n) is 4.96. The van der Waals surface area contributed by atoms with Crippen LogP contribution in [-0.2, 0) is 0 Å². The van der Waals surface area contributed by atoms with Crippen molar-refractivity contribution >= 4 is 47.0 Å². The van der Waals surface area contributed by atoms with E-state index < -0.39 is 0 Å². The molecule has 144 valence electrons. The Bertz CT molecular complexity index is 1000. The second-order valence-corrected chi connectivity index (χ2v) is 8.17. The van der Waals surface area contributed by atoms with Crippen molar-refractivity contribution in [3.63, 3.8) is 0 Å². The van der Waals surface area contributed by atoms with Crippen molar-refractivity contribution in [1.29, 1.82) is 0 Å². The molecule has 6 heteroatoms. The summed E-state index contributed by atoms with van der Waals surface area (Å²) in [6, 6.07) is 15.5. The van der Waals surface area contributed by atoms with Crippen molar-refractivity contribution in [1.82, 2.24) is 15.1 Å². The molecule has 1 aromatic heterocycles. The van der Waals surface area contributed by atoms with Gasteiger partial charge in [0, 0.05) is 10.9 Å². The van der Waals surface area contributed by atoms with Crippen molar-refractivity contribution in [2.45, 2.75) is 18.8 Å². The highest BCUT2D eigenvalue weighted by molar-refractivity contribution is 6.42. The van der Waals surface area contributed by atoms with Crippen molar-refractivity contribution in [2.24, 2.45) is 0 Å². The summed E-state index contributed by atoms with van der Waals surface area (Å²) in [6.45, 7) is 2.06. The van der Waals surface area contributed by atoms with E-state index in [0.29, 0.717) is 21.0 Å². The number of piperidine rings is 1. The molecule has 0 atom stereocenters. The van der Waals surface area contributed by atoms with E-state index in [0.717, 1.165) is 48.6 Å². The Morgan fingerprint density at radius 1 is 0.929 bits per heavy atom. The average molecular weight is 433 g/mol. The fourth-order valence-electron chi connectivity index (χ4n) is 3.46. The van der Waals surface area contributed by atoms with E-state index in [2.05, 4.69) is 17.5 Å². The quantitative estimate of drug-likeness (QED) is 0.512. The highest BCUT2D eigenvalue weighted by Crippen LogP contribution is 2.28. The molecule has 0 radical (unpaired) electrons. The van der Waals surface area contributed by atoms with Gasteiger partial charge in [-0.25, -0.2) is 4.68 Å². The Morgan fingerprint density at radius 2 is 1.75 bits per heavy atom. The predicted molar refractivity (Wildman–Crippen MR) is 119 cm³/mol. The van der Waals surface area contributed by atoms with Gasteiger partial charge in [0.15, 0.2) is 0 Å². The average Bonchev–Trinajstić information content (AvgIpc) is 3.14. The smallest absolute Gasteiger partial charge is 0.0671 e. The molecule has 1 aliphatic rings. The molecular weight excluding hydrogens is 413 g/mol. The number of halogens is 3. The Balaban J connectivity index is 1.72. The number of aromatic nitrogens is 2. The molecule has 3 aromatic rings. The lowest BCUT2D eigenvalue weighted by Crippen LogP contribution is -2.26. The van der Waals surface area contributed by atoms with Gasteiger partial charge >= 0.3 is 0 Å². The lowest BCUT2D eigenvalue weighted by molar-refractivity contribution is 0.451. The molecule has 0 unspecified atom stereocenters. The van der Waals surface area contributed by atoms with E-state index in [1.54, 1.807) is 6.07 Å². The molecular formula is C22H20Cl3N3. The van der Waals surface area contributed by atoms with E-state index in [-0.39, 0.29) is 0 Å². The second-order valence-electron chi connectivity index (χ2n) is 6.92. The first kappa shape index (κ1) is 19.5. The summed E-state index contributed by atoms with van der Waals surface area (Å²) in [4.78, 5) is 0. The van der Waals surface area contributed by atoms with Crippen LogP contribution in [0.3, 0.4) is 0 Å². The Morgan fingerprint density at radius 3 is 2.50 bits per heavy atom. The highest BCUT2D eigenvalue weighted by Gasteiger charge is 2.19. The lowest BCUT2D eigenvalue weighted by atomic mass is 9.94. The van der Waals surface area contributed by atoms with Gasteiger partial charge in [-0.05, 0) is 74.0 Å². The van der Waals surface area contributed by atoms with Crippen LogP contribution in [0.5, 0.6) is 0 Å². The summed E-state index contributed by atoms with van der Waals surface area (Å²) in [7, 11) is 0. The monoisotopic (exact) mass is 431 g/mol. The molecule has 2 heterocycles. The number of benzene rings is 2. The molecule has 2 aromatic carbocycles. The van der Waals surface area contributed by atoms with Crippen molar-refractivity contribution in [3.8, 4) is 5.69 Å². The second kappa shape index (κ2) is 8.71. The topological polar surface area (TPSA) is 29.9 Å². The third-order valence-corrected chi connectivity index (χ3v) is 5.93. The normalized spacial score (nSPS) is 15.4. The number of hydrogen-bond acceptors (Lipinski definition) is 2. The molecule has 4 rings (SSSR count). The van der Waals surface area contributed by atoms with Crippen LogP contribution in [0.25, 0.3) is 17.8 Å². The van der Waals surface area contributed by atoms with E-state index in [9.17, 15) is 0 Å². The van der Waals surface area contributed by atoms with Crippen LogP contribution in [0.4, 0.5) is 0 Å². The Hall–Kier alpha value is -1.78. The first-order valence-electron chi connectivity index (χ1n) is 9.30. The van der Waals surface area contributed by atoms with Gasteiger partial charge in [0.25, 0.3) is 0 Å². The Kier molecular flexibility index (Phi) is 6.07. The summed E-state index contributed by atoms with van der Waals surface area (Å²) in [5, 5.41) is 10.1. The molecule has 1 fully saturated rings. The SMILES string of the molecule is Clc1cccc(-n2nc(C3CCNCC3)cc2/C=C/c2ccc(Cl)c(Cl)c2)c1. The standard InChI is InChI=1S/C22H20Cl3N3/c23-17-2-1-3-18(13-17)28-19(6-4-15-5-7-20(24)21(25)12-15)14-22(27-28)16-8-10-26-11-9-16/h1-7,12-14,16,26H,8-11H2/b6-4+. The predicted octanol–water partition coefficient (Wildman–Crippen LogP) is 6.47. The summed E-state index contributed by atoms with van der Waals surface area (Å²) in [6.07, 6.45) is 6.27. The van der Waals surface area contributed by atoms with E-state index in [4.69, 9.17) is 39.9 Å². The number of nitrogens with one attached hydrogen (secondary N) is 1. The van der Waals surface area contributed by atoms with Gasteiger partial charge in [0.05, 0.1) is 27.1 Å². The van der Waals surface area contributed by atoms with Gasteiger partial charge in [-0.2, -0.15) is 5.10 Å². The molecule has 0 amide bonds. The van der Waals surface area contributed by atoms with Crippen molar-refractivity contribution in [3.05, 3.63) is 80.6 Å². The molecule has 1 aliphatic heterocycles. The van der Waals surface area contributed by atoms with Crippen LogP contribution in [0.1, 0.15) is 35.7 Å². The Labute approximate surface area is 179 Å². The van der Waals surface area contributed by atoms with Crippen LogP contribution in [-0.4, -0.2) is 22.9 Å². The highest BCUT2D eigenvalue weighted by atomic mass is 35.5. The first-order valence-corrected chi connectivity index (χ1v) is 10.4. The lowest BCUT2D eigenvalue weighted by Gasteiger charge is -2.20. The molecule has 1 N–H and O–H groups in total. The zero-order valence-electron chi connectivity index (χ0n) is 15.2. The molecule has 28 heavy (non-hydrogen) atoms. The van der Waals surface area contributed by atoms with Gasteiger partial charge in [-0.15, -0.1) is 0 Å². The molecule has 0 spiro atoms. The van der Waals surface area contributed by atoms with E-state index in [1.807, 2.05) is 47.2 Å². The van der Waals surface area contributed by atoms with Crippen LogP contribution >= 0.6 is 34.8 Å². The van der Waals surface area contributed by atoms with E-state index >= 15 is 0 Å². The van der Waals surface area contributed by atoms with Crippen LogP contribution in [0, 0.1) is 0 Å². The molecule has 3 nitrogen and oxygen atoms in total. The summed E-state index contributed by atoms with van der Waals surface area (Å²) < 4.78 is 1.96. The van der Waals surface area contributed by atoms with Gasteiger partial charge in [-0.3, -0.25) is 0 Å². The molecule has 0 aliphatic carbocycles. The minimum absolute atomic E-state index is 0.471. The minimum atomic E-state index is 0.471. The van der Waals surface area contributed by atoms with Crippen LogP contribution < -0.4 is 5.32 Å². The fraction of sp³-hybridized carbons (Fsp3) is 0.227. The zero-order chi connectivity index (χ0) is 19.5. The molecule has 0 saturated carbocycles. The summed E-state index contributed by atoms with van der Waals surface area (Å²) in [5.41, 5.74) is 4.05. The largest absolute Gasteiger partial charge is 0.317 e. The van der Waals surface area contributed by atoms with Gasteiger partial charge in [0.1, 0.15) is 0 Å². The maximum atomic E-state index is 6.21. The molecule has 1 saturated heterocycles. The van der Waals surface area contributed by atoms with Crippen molar-refractivity contribution < 1.29 is 0 Å². The maximum Gasteiger partial charge on any atom is 0.0671 e. The zero-order valence-corrected chi connectivity index (χ0v) is 17.5. The minimum Gasteiger partial charge on any atom is -0.317 e. The summed E-state index contributed by atoms with van der Waals surface area (Å²) >= 11 is 18.4. The summed E-state index contributed by atoms with van der Waals surface area (Å²) in [5.74, 6) is 0.471. The van der Waals surface area contributed by atoms with Crippen molar-refractivity contribution in [2.75, 3.05) is 13.1 Å². The van der Waals surface area contributed by atoms with Crippen LogP contribution in [0.15, 0.2) is 48.5 Å². The first-order chi connectivity index (χ1) is 13.6. The number of nitrogens with zero attached hydrogens (tertiary/aromatic N) is 2. The number of rotatable bonds is 4. The van der Waals surface area contributed by atoms with E-state index in [1.165, 1.54) is 0 Å². The van der Waals surface area contributed by atoms with Gasteiger partial charge in [-0.1, -0.05) is 53.0 Å². The molecule has 0 bridgehead atoms. The third kappa shape index (κ3) is 4.44. The maximum absolute atomic E-state index is 6.21. The van der Waals surface area contributed by atoms with Gasteiger partial charge < -0.3 is 5.32 Å². The van der Waals surface area contributed by atoms with Crippen LogP contribution in [0.2, 0.25) is 15.1 Å². The fourth-order valence-corrected chi connectivity index (χ4v) is 3.95.